The number of anilines is 1. The molecule has 0 aliphatic rings. The molecule has 0 unspecified atom stereocenters. The maximum atomic E-state index is 4.57. The standard InChI is InChI=1S/C13H18N4S/c1-3-5-10-9-11(14-6-4-2)17-12(16-10)13-15-7-8-18-13/h7-9H,3-6H2,1-2H3,(H,14,16,17). The number of aryl methyl sites for hydroxylation is 1. The average molecular weight is 262 g/mol. The Bertz CT molecular complexity index is 482. The molecule has 0 aromatic carbocycles. The zero-order valence-corrected chi connectivity index (χ0v) is 11.6. The van der Waals surface area contributed by atoms with Crippen molar-refractivity contribution in [1.82, 2.24) is 15.0 Å². The van der Waals surface area contributed by atoms with E-state index >= 15 is 0 Å². The van der Waals surface area contributed by atoms with Gasteiger partial charge in [0.05, 0.1) is 0 Å². The van der Waals surface area contributed by atoms with Crippen LogP contribution in [0, 0.1) is 0 Å². The van der Waals surface area contributed by atoms with E-state index in [4.69, 9.17) is 0 Å². The van der Waals surface area contributed by atoms with Crippen molar-refractivity contribution in [3.05, 3.63) is 23.3 Å². The molecule has 2 aromatic rings. The molecule has 4 nitrogen and oxygen atoms in total. The number of nitrogens with one attached hydrogen (secondary N) is 1. The number of nitrogens with zero attached hydrogens (tertiary/aromatic N) is 3. The Morgan fingerprint density at radius 1 is 1.22 bits per heavy atom. The molecule has 2 aromatic heterocycles. The van der Waals surface area contributed by atoms with E-state index in [9.17, 15) is 0 Å². The van der Waals surface area contributed by atoms with E-state index in [2.05, 4.69) is 34.1 Å². The molecule has 18 heavy (non-hydrogen) atoms. The van der Waals surface area contributed by atoms with Gasteiger partial charge in [-0.3, -0.25) is 0 Å². The van der Waals surface area contributed by atoms with E-state index in [1.54, 1.807) is 17.5 Å². The first kappa shape index (κ1) is 13.0. The summed E-state index contributed by atoms with van der Waals surface area (Å²) in [6.07, 6.45) is 4.93. The van der Waals surface area contributed by atoms with Crippen LogP contribution in [0.2, 0.25) is 0 Å². The minimum Gasteiger partial charge on any atom is -0.370 e. The second-order valence-corrected chi connectivity index (χ2v) is 4.98. The van der Waals surface area contributed by atoms with Gasteiger partial charge in [-0.05, 0) is 12.8 Å². The van der Waals surface area contributed by atoms with E-state index < -0.39 is 0 Å². The lowest BCUT2D eigenvalue weighted by Crippen LogP contribution is -2.05. The summed E-state index contributed by atoms with van der Waals surface area (Å²) < 4.78 is 0. The Morgan fingerprint density at radius 3 is 2.78 bits per heavy atom. The number of hydrogen-bond acceptors (Lipinski definition) is 5. The molecule has 1 N–H and O–H groups in total. The third-order valence-corrected chi connectivity index (χ3v) is 3.23. The predicted molar refractivity (Wildman–Crippen MR) is 75.9 cm³/mol. The molecule has 0 aliphatic carbocycles. The quantitative estimate of drug-likeness (QED) is 0.867. The molecule has 0 atom stereocenters. The molecule has 0 spiro atoms. The van der Waals surface area contributed by atoms with Crippen LogP contribution in [0.1, 0.15) is 32.4 Å². The van der Waals surface area contributed by atoms with Gasteiger partial charge in [0.25, 0.3) is 0 Å². The van der Waals surface area contributed by atoms with Crippen LogP contribution in [-0.4, -0.2) is 21.5 Å². The summed E-state index contributed by atoms with van der Waals surface area (Å²) in [5.74, 6) is 1.63. The van der Waals surface area contributed by atoms with Crippen molar-refractivity contribution in [1.29, 1.82) is 0 Å². The van der Waals surface area contributed by atoms with Gasteiger partial charge < -0.3 is 5.32 Å². The van der Waals surface area contributed by atoms with E-state index in [1.165, 1.54) is 0 Å². The average Bonchev–Trinajstić information content (AvgIpc) is 2.90. The van der Waals surface area contributed by atoms with Gasteiger partial charge in [0, 0.05) is 29.9 Å². The Balaban J connectivity index is 2.30. The summed E-state index contributed by atoms with van der Waals surface area (Å²) in [7, 11) is 0. The van der Waals surface area contributed by atoms with Crippen LogP contribution in [0.3, 0.4) is 0 Å². The first-order chi connectivity index (χ1) is 8.83. The van der Waals surface area contributed by atoms with Gasteiger partial charge >= 0.3 is 0 Å². The van der Waals surface area contributed by atoms with Gasteiger partial charge in [-0.2, -0.15) is 0 Å². The second kappa shape index (κ2) is 6.44. The van der Waals surface area contributed by atoms with Crippen molar-refractivity contribution in [3.8, 4) is 10.8 Å². The predicted octanol–water partition coefficient (Wildman–Crippen LogP) is 3.37. The molecule has 0 saturated heterocycles. The van der Waals surface area contributed by atoms with E-state index in [1.807, 2.05) is 11.4 Å². The summed E-state index contributed by atoms with van der Waals surface area (Å²) in [5, 5.41) is 6.15. The minimum absolute atomic E-state index is 0.731. The van der Waals surface area contributed by atoms with Gasteiger partial charge in [-0.25, -0.2) is 15.0 Å². The minimum atomic E-state index is 0.731. The van der Waals surface area contributed by atoms with Crippen LogP contribution >= 0.6 is 11.3 Å². The van der Waals surface area contributed by atoms with E-state index in [0.717, 1.165) is 48.2 Å². The van der Waals surface area contributed by atoms with E-state index in [0.29, 0.717) is 0 Å². The lowest BCUT2D eigenvalue weighted by Gasteiger charge is -2.07. The third kappa shape index (κ3) is 3.26. The molecule has 96 valence electrons. The highest BCUT2D eigenvalue weighted by molar-refractivity contribution is 7.13. The summed E-state index contributed by atoms with van der Waals surface area (Å²) in [4.78, 5) is 13.4. The van der Waals surface area contributed by atoms with Crippen molar-refractivity contribution in [2.75, 3.05) is 11.9 Å². The molecule has 2 heterocycles. The van der Waals surface area contributed by atoms with Crippen molar-refractivity contribution in [2.24, 2.45) is 0 Å². The van der Waals surface area contributed by atoms with Gasteiger partial charge in [0.1, 0.15) is 5.82 Å². The van der Waals surface area contributed by atoms with Crippen molar-refractivity contribution >= 4 is 17.2 Å². The SMILES string of the molecule is CCCNc1cc(CCC)nc(-c2nccs2)n1. The first-order valence-electron chi connectivity index (χ1n) is 6.35. The largest absolute Gasteiger partial charge is 0.370 e. The molecular formula is C13H18N4S. The zero-order valence-electron chi connectivity index (χ0n) is 10.8. The third-order valence-electron chi connectivity index (χ3n) is 2.47. The molecule has 0 radical (unpaired) electrons. The lowest BCUT2D eigenvalue weighted by atomic mass is 10.2. The Kier molecular flexibility index (Phi) is 4.64. The molecule has 0 amide bonds. The van der Waals surface area contributed by atoms with Gasteiger partial charge in [0.15, 0.2) is 10.8 Å². The summed E-state index contributed by atoms with van der Waals surface area (Å²) in [5.41, 5.74) is 1.08. The molecule has 0 bridgehead atoms. The van der Waals surface area contributed by atoms with Crippen molar-refractivity contribution < 1.29 is 0 Å². The second-order valence-electron chi connectivity index (χ2n) is 4.08. The summed E-state index contributed by atoms with van der Waals surface area (Å²) >= 11 is 1.57. The number of hydrogen-bond donors (Lipinski definition) is 1. The number of thiazole rings is 1. The normalized spacial score (nSPS) is 10.6. The molecule has 0 saturated carbocycles. The topological polar surface area (TPSA) is 50.7 Å². The molecular weight excluding hydrogens is 244 g/mol. The van der Waals surface area contributed by atoms with Crippen LogP contribution in [0.5, 0.6) is 0 Å². The van der Waals surface area contributed by atoms with Crippen molar-refractivity contribution in [2.45, 2.75) is 33.1 Å². The summed E-state index contributed by atoms with van der Waals surface area (Å²) in [6, 6.07) is 2.04. The van der Waals surface area contributed by atoms with Gasteiger partial charge in [-0.15, -0.1) is 11.3 Å². The van der Waals surface area contributed by atoms with Crippen LogP contribution in [0.15, 0.2) is 17.6 Å². The molecule has 0 fully saturated rings. The van der Waals surface area contributed by atoms with Crippen LogP contribution in [-0.2, 0) is 6.42 Å². The van der Waals surface area contributed by atoms with Crippen LogP contribution in [0.4, 0.5) is 5.82 Å². The fraction of sp³-hybridized carbons (Fsp3) is 0.462. The Hall–Kier alpha value is -1.49. The number of rotatable bonds is 6. The zero-order chi connectivity index (χ0) is 12.8. The highest BCUT2D eigenvalue weighted by Crippen LogP contribution is 2.20. The fourth-order valence-electron chi connectivity index (χ4n) is 1.65. The maximum Gasteiger partial charge on any atom is 0.190 e. The van der Waals surface area contributed by atoms with Gasteiger partial charge in [-0.1, -0.05) is 20.3 Å². The molecule has 5 heteroatoms. The van der Waals surface area contributed by atoms with Crippen molar-refractivity contribution in [3.63, 3.8) is 0 Å². The fourth-order valence-corrected chi connectivity index (χ4v) is 2.22. The Labute approximate surface area is 112 Å². The number of aromatic nitrogens is 3. The maximum absolute atomic E-state index is 4.57. The van der Waals surface area contributed by atoms with E-state index in [-0.39, 0.29) is 0 Å². The highest BCUT2D eigenvalue weighted by Gasteiger charge is 2.08. The van der Waals surface area contributed by atoms with Crippen LogP contribution in [0.25, 0.3) is 10.8 Å². The smallest absolute Gasteiger partial charge is 0.190 e. The highest BCUT2D eigenvalue weighted by atomic mass is 32.1. The molecule has 2 rings (SSSR count). The molecule has 0 aliphatic heterocycles. The Morgan fingerprint density at radius 2 is 2.11 bits per heavy atom. The monoisotopic (exact) mass is 262 g/mol. The lowest BCUT2D eigenvalue weighted by molar-refractivity contribution is 0.872. The van der Waals surface area contributed by atoms with Crippen LogP contribution < -0.4 is 5.32 Å². The van der Waals surface area contributed by atoms with Gasteiger partial charge in [0.2, 0.25) is 0 Å². The summed E-state index contributed by atoms with van der Waals surface area (Å²) in [6.45, 7) is 5.23. The first-order valence-corrected chi connectivity index (χ1v) is 7.23.